The van der Waals surface area contributed by atoms with Gasteiger partial charge in [0.2, 0.25) is 5.91 Å². The van der Waals surface area contributed by atoms with Gasteiger partial charge in [-0.05, 0) is 33.6 Å². The molecule has 0 bridgehead atoms. The molecule has 5 nitrogen and oxygen atoms in total. The predicted molar refractivity (Wildman–Crippen MR) is 77.0 cm³/mol. The first-order valence-electron chi connectivity index (χ1n) is 6.02. The third-order valence-electron chi connectivity index (χ3n) is 2.41. The number of nitrogens with two attached hydrogens (primary N) is 1. The largest absolute Gasteiger partial charge is 0.492 e. The van der Waals surface area contributed by atoms with Crippen molar-refractivity contribution in [3.05, 3.63) is 28.2 Å². The van der Waals surface area contributed by atoms with Crippen molar-refractivity contribution < 1.29 is 14.3 Å². The van der Waals surface area contributed by atoms with Gasteiger partial charge in [-0.1, -0.05) is 6.07 Å². The van der Waals surface area contributed by atoms with Crippen molar-refractivity contribution in [3.8, 4) is 5.75 Å². The lowest BCUT2D eigenvalue weighted by molar-refractivity contribution is -0.118. The lowest BCUT2D eigenvalue weighted by atomic mass is 10.2. The molecule has 106 valence electrons. The maximum absolute atomic E-state index is 10.6. The topological polar surface area (TPSA) is 73.6 Å². The number of rotatable bonds is 9. The van der Waals surface area contributed by atoms with Crippen molar-refractivity contribution >= 4 is 21.8 Å². The van der Waals surface area contributed by atoms with Gasteiger partial charge in [0.15, 0.2) is 0 Å². The molecular formula is C13H19BrN2O3. The summed E-state index contributed by atoms with van der Waals surface area (Å²) in [5.41, 5.74) is 6.19. The van der Waals surface area contributed by atoms with Gasteiger partial charge in [0.05, 0.1) is 24.1 Å². The van der Waals surface area contributed by atoms with Gasteiger partial charge >= 0.3 is 0 Å². The Kier molecular flexibility index (Phi) is 7.47. The van der Waals surface area contributed by atoms with Gasteiger partial charge < -0.3 is 20.5 Å². The minimum absolute atomic E-state index is 0.215. The van der Waals surface area contributed by atoms with E-state index in [0.717, 1.165) is 23.1 Å². The summed E-state index contributed by atoms with van der Waals surface area (Å²) < 4.78 is 11.3. The van der Waals surface area contributed by atoms with Crippen LogP contribution in [0.4, 0.5) is 0 Å². The number of carbonyl (C=O) groups is 1. The van der Waals surface area contributed by atoms with Crippen LogP contribution in [0.3, 0.4) is 0 Å². The third kappa shape index (κ3) is 6.56. The summed E-state index contributed by atoms with van der Waals surface area (Å²) in [7, 11) is 1.68. The van der Waals surface area contributed by atoms with Crippen LogP contribution in [0, 0.1) is 0 Å². The van der Waals surface area contributed by atoms with E-state index in [-0.39, 0.29) is 12.3 Å². The van der Waals surface area contributed by atoms with Gasteiger partial charge in [0, 0.05) is 20.2 Å². The zero-order valence-electron chi connectivity index (χ0n) is 10.9. The van der Waals surface area contributed by atoms with Crippen LogP contribution < -0.4 is 15.8 Å². The zero-order chi connectivity index (χ0) is 14.1. The number of methoxy groups -OCH3 is 1. The number of ether oxygens (including phenoxy) is 2. The van der Waals surface area contributed by atoms with E-state index in [4.69, 9.17) is 15.2 Å². The highest BCUT2D eigenvalue weighted by Gasteiger charge is 2.03. The summed E-state index contributed by atoms with van der Waals surface area (Å²) in [6.07, 6.45) is 0.215. The number of halogens is 1. The fraction of sp³-hybridized carbons (Fsp3) is 0.462. The van der Waals surface area contributed by atoms with Gasteiger partial charge in [-0.25, -0.2) is 0 Å². The number of hydrogen-bond acceptors (Lipinski definition) is 4. The average Bonchev–Trinajstić information content (AvgIpc) is 2.37. The van der Waals surface area contributed by atoms with Crippen molar-refractivity contribution in [2.45, 2.75) is 13.0 Å². The Morgan fingerprint density at radius 3 is 2.84 bits per heavy atom. The highest BCUT2D eigenvalue weighted by Crippen LogP contribution is 2.26. The Bertz CT molecular complexity index is 413. The molecule has 0 aromatic heterocycles. The monoisotopic (exact) mass is 330 g/mol. The molecule has 1 rings (SSSR count). The van der Waals surface area contributed by atoms with Crippen molar-refractivity contribution in [2.75, 3.05) is 26.9 Å². The Labute approximate surface area is 121 Å². The number of carbonyl (C=O) groups excluding carboxylic acids is 1. The molecule has 3 N–H and O–H groups in total. The smallest absolute Gasteiger partial charge is 0.220 e. The molecule has 0 aliphatic carbocycles. The van der Waals surface area contributed by atoms with Crippen LogP contribution in [0.1, 0.15) is 12.0 Å². The Morgan fingerprint density at radius 1 is 1.42 bits per heavy atom. The van der Waals surface area contributed by atoms with Gasteiger partial charge in [0.25, 0.3) is 0 Å². The first-order chi connectivity index (χ1) is 9.13. The normalized spacial score (nSPS) is 10.4. The Hall–Kier alpha value is -1.11. The van der Waals surface area contributed by atoms with Gasteiger partial charge in [-0.15, -0.1) is 0 Å². The summed E-state index contributed by atoms with van der Waals surface area (Å²) >= 11 is 3.44. The number of amides is 1. The van der Waals surface area contributed by atoms with Gasteiger partial charge in [0.1, 0.15) is 5.75 Å². The van der Waals surface area contributed by atoms with Gasteiger partial charge in [-0.3, -0.25) is 4.79 Å². The lowest BCUT2D eigenvalue weighted by Crippen LogP contribution is -2.18. The molecule has 0 unspecified atom stereocenters. The molecule has 0 saturated carbocycles. The summed E-state index contributed by atoms with van der Waals surface area (Å²) in [6, 6.07) is 5.84. The van der Waals surface area contributed by atoms with E-state index < -0.39 is 0 Å². The summed E-state index contributed by atoms with van der Waals surface area (Å²) in [6.45, 7) is 2.56. The summed E-state index contributed by atoms with van der Waals surface area (Å²) in [5, 5.41) is 3.26. The van der Waals surface area contributed by atoms with Crippen molar-refractivity contribution in [1.29, 1.82) is 0 Å². The van der Waals surface area contributed by atoms with E-state index >= 15 is 0 Å². The minimum Gasteiger partial charge on any atom is -0.492 e. The van der Waals surface area contributed by atoms with Crippen molar-refractivity contribution in [2.24, 2.45) is 5.73 Å². The van der Waals surface area contributed by atoms with Crippen molar-refractivity contribution in [3.63, 3.8) is 0 Å². The second-order valence-electron chi connectivity index (χ2n) is 4.00. The molecule has 0 spiro atoms. The first-order valence-corrected chi connectivity index (χ1v) is 6.82. The van der Waals surface area contributed by atoms with Crippen molar-refractivity contribution in [1.82, 2.24) is 5.32 Å². The number of primary amides is 1. The third-order valence-corrected chi connectivity index (χ3v) is 3.03. The molecule has 0 heterocycles. The molecule has 0 fully saturated rings. The van der Waals surface area contributed by atoms with E-state index in [9.17, 15) is 4.79 Å². The SMILES string of the molecule is COCCNCc1ccc(OCCC(N)=O)c(Br)c1. The van der Waals surface area contributed by atoms with E-state index in [0.29, 0.717) is 19.0 Å². The lowest BCUT2D eigenvalue weighted by Gasteiger charge is -2.09. The van der Waals surface area contributed by atoms with Crippen LogP contribution in [0.15, 0.2) is 22.7 Å². The number of benzene rings is 1. The van der Waals surface area contributed by atoms with Crippen LogP contribution in [0.25, 0.3) is 0 Å². The first kappa shape index (κ1) is 15.9. The molecule has 6 heteroatoms. The van der Waals surface area contributed by atoms with Crippen LogP contribution in [0.2, 0.25) is 0 Å². The summed E-state index contributed by atoms with van der Waals surface area (Å²) in [4.78, 5) is 10.6. The second kappa shape index (κ2) is 8.90. The highest BCUT2D eigenvalue weighted by atomic mass is 79.9. The van der Waals surface area contributed by atoms with E-state index in [1.165, 1.54) is 0 Å². The fourth-order valence-electron chi connectivity index (χ4n) is 1.44. The molecule has 1 amide bonds. The predicted octanol–water partition coefficient (Wildman–Crippen LogP) is 1.44. The second-order valence-corrected chi connectivity index (χ2v) is 4.85. The molecule has 0 aliphatic heterocycles. The van der Waals surface area contributed by atoms with Crippen LogP contribution in [-0.4, -0.2) is 32.8 Å². The molecule has 1 aromatic rings. The van der Waals surface area contributed by atoms with Crippen LogP contribution in [0.5, 0.6) is 5.75 Å². The van der Waals surface area contributed by atoms with E-state index in [1.807, 2.05) is 18.2 Å². The minimum atomic E-state index is -0.366. The number of nitrogens with one attached hydrogen (secondary N) is 1. The molecule has 1 aromatic carbocycles. The average molecular weight is 331 g/mol. The molecule has 0 aliphatic rings. The zero-order valence-corrected chi connectivity index (χ0v) is 12.5. The van der Waals surface area contributed by atoms with E-state index in [1.54, 1.807) is 7.11 Å². The van der Waals surface area contributed by atoms with E-state index in [2.05, 4.69) is 21.2 Å². The standard InChI is InChI=1S/C13H19BrN2O3/c1-18-7-5-16-9-10-2-3-12(11(14)8-10)19-6-4-13(15)17/h2-3,8,16H,4-7,9H2,1H3,(H2,15,17). The number of hydrogen-bond donors (Lipinski definition) is 2. The van der Waals surface area contributed by atoms with Crippen LogP contribution >= 0.6 is 15.9 Å². The quantitative estimate of drug-likeness (QED) is 0.672. The molecular weight excluding hydrogens is 312 g/mol. The fourth-order valence-corrected chi connectivity index (χ4v) is 1.98. The van der Waals surface area contributed by atoms with Gasteiger partial charge in [-0.2, -0.15) is 0 Å². The Balaban J connectivity index is 2.42. The maximum Gasteiger partial charge on any atom is 0.220 e. The molecule has 0 saturated heterocycles. The Morgan fingerprint density at radius 2 is 2.21 bits per heavy atom. The molecule has 0 atom stereocenters. The molecule has 19 heavy (non-hydrogen) atoms. The summed E-state index contributed by atoms with van der Waals surface area (Å²) in [5.74, 6) is 0.344. The molecule has 0 radical (unpaired) electrons. The maximum atomic E-state index is 10.6. The highest BCUT2D eigenvalue weighted by molar-refractivity contribution is 9.10. The van der Waals surface area contributed by atoms with Crippen LogP contribution in [-0.2, 0) is 16.1 Å².